The molecular weight excluding hydrogens is 208 g/mol. The topological polar surface area (TPSA) is 81.2 Å². The van der Waals surface area contributed by atoms with Gasteiger partial charge >= 0.3 is 5.97 Å². The number of H-pyrrole nitrogens is 1. The number of anilines is 1. The zero-order valence-corrected chi connectivity index (χ0v) is 8.82. The molecule has 0 spiro atoms. The molecule has 0 aliphatic rings. The van der Waals surface area contributed by atoms with E-state index >= 15 is 0 Å². The Morgan fingerprint density at radius 1 is 1.62 bits per heavy atom. The van der Waals surface area contributed by atoms with Crippen LogP contribution in [0.1, 0.15) is 17.3 Å². The van der Waals surface area contributed by atoms with Gasteiger partial charge in [0, 0.05) is 0 Å². The molecule has 0 radical (unpaired) electrons. The number of nitrogens with one attached hydrogen (secondary N) is 1. The van der Waals surface area contributed by atoms with Gasteiger partial charge in [0.25, 0.3) is 0 Å². The number of hydrogen-bond acceptors (Lipinski definition) is 4. The maximum atomic E-state index is 11.5. The molecule has 0 saturated heterocycles. The maximum absolute atomic E-state index is 11.5. The third-order valence-electron chi connectivity index (χ3n) is 2.13. The minimum atomic E-state index is -0.436. The third-order valence-corrected chi connectivity index (χ3v) is 2.13. The SMILES string of the molecule is CCOC(=O)c1cc(-c2ccco2)[nH]c1N. The minimum absolute atomic E-state index is 0.282. The van der Waals surface area contributed by atoms with Crippen molar-refractivity contribution in [3.8, 4) is 11.5 Å². The molecule has 0 atom stereocenters. The van der Waals surface area contributed by atoms with Gasteiger partial charge in [0.2, 0.25) is 0 Å². The van der Waals surface area contributed by atoms with Crippen molar-refractivity contribution in [2.24, 2.45) is 0 Å². The van der Waals surface area contributed by atoms with Crippen molar-refractivity contribution in [2.75, 3.05) is 12.3 Å². The molecule has 5 nitrogen and oxygen atoms in total. The summed E-state index contributed by atoms with van der Waals surface area (Å²) in [5, 5.41) is 0. The number of furan rings is 1. The van der Waals surface area contributed by atoms with E-state index in [1.807, 2.05) is 0 Å². The number of ether oxygens (including phenoxy) is 1. The van der Waals surface area contributed by atoms with Gasteiger partial charge in [-0.3, -0.25) is 0 Å². The lowest BCUT2D eigenvalue weighted by Gasteiger charge is -1.98. The number of hydrogen-bond donors (Lipinski definition) is 2. The number of carbonyl (C=O) groups is 1. The zero-order chi connectivity index (χ0) is 11.5. The number of esters is 1. The lowest BCUT2D eigenvalue weighted by molar-refractivity contribution is 0.0528. The largest absolute Gasteiger partial charge is 0.463 e. The lowest BCUT2D eigenvalue weighted by atomic mass is 10.2. The summed E-state index contributed by atoms with van der Waals surface area (Å²) in [6, 6.07) is 5.16. The summed E-state index contributed by atoms with van der Waals surface area (Å²) in [7, 11) is 0. The van der Waals surface area contributed by atoms with Gasteiger partial charge < -0.3 is 19.9 Å². The Labute approximate surface area is 92.2 Å². The van der Waals surface area contributed by atoms with E-state index in [9.17, 15) is 4.79 Å². The molecule has 3 N–H and O–H groups in total. The van der Waals surface area contributed by atoms with Crippen LogP contribution in [0.25, 0.3) is 11.5 Å². The fraction of sp³-hybridized carbons (Fsp3) is 0.182. The summed E-state index contributed by atoms with van der Waals surface area (Å²) in [6.07, 6.45) is 1.55. The first kappa shape index (κ1) is 10.4. The van der Waals surface area contributed by atoms with Gasteiger partial charge in [0.05, 0.1) is 18.6 Å². The highest BCUT2D eigenvalue weighted by Gasteiger charge is 2.16. The molecule has 0 aliphatic carbocycles. The molecular formula is C11H12N2O3. The molecule has 2 aromatic rings. The summed E-state index contributed by atoms with van der Waals surface area (Å²) in [4.78, 5) is 14.4. The lowest BCUT2D eigenvalue weighted by Crippen LogP contribution is -2.05. The Hall–Kier alpha value is -2.17. The molecule has 84 valence electrons. The van der Waals surface area contributed by atoms with E-state index in [0.717, 1.165) is 0 Å². The van der Waals surface area contributed by atoms with E-state index in [4.69, 9.17) is 14.9 Å². The molecule has 0 saturated carbocycles. The highest BCUT2D eigenvalue weighted by atomic mass is 16.5. The molecule has 0 amide bonds. The van der Waals surface area contributed by atoms with Crippen LogP contribution in [0.5, 0.6) is 0 Å². The van der Waals surface area contributed by atoms with Gasteiger partial charge in [-0.15, -0.1) is 0 Å². The van der Waals surface area contributed by atoms with Crippen LogP contribution >= 0.6 is 0 Å². The molecule has 16 heavy (non-hydrogen) atoms. The van der Waals surface area contributed by atoms with E-state index in [0.29, 0.717) is 23.6 Å². The van der Waals surface area contributed by atoms with E-state index in [-0.39, 0.29) is 5.82 Å². The van der Waals surface area contributed by atoms with Gasteiger partial charge in [-0.2, -0.15) is 0 Å². The normalized spacial score (nSPS) is 10.3. The summed E-state index contributed by atoms with van der Waals surface area (Å²) in [5.74, 6) is 0.473. The zero-order valence-electron chi connectivity index (χ0n) is 8.82. The van der Waals surface area contributed by atoms with Gasteiger partial charge in [-0.05, 0) is 25.1 Å². The molecule has 0 bridgehead atoms. The van der Waals surface area contributed by atoms with Crippen LogP contribution < -0.4 is 5.73 Å². The predicted molar refractivity (Wildman–Crippen MR) is 58.9 cm³/mol. The van der Waals surface area contributed by atoms with Crippen LogP contribution in [0.4, 0.5) is 5.82 Å². The maximum Gasteiger partial charge on any atom is 0.341 e. The Morgan fingerprint density at radius 2 is 2.44 bits per heavy atom. The highest BCUT2D eigenvalue weighted by Crippen LogP contribution is 2.24. The van der Waals surface area contributed by atoms with Crippen molar-refractivity contribution in [2.45, 2.75) is 6.92 Å². The number of aromatic amines is 1. The second kappa shape index (κ2) is 4.14. The number of rotatable bonds is 3. The first-order valence-electron chi connectivity index (χ1n) is 4.92. The quantitative estimate of drug-likeness (QED) is 0.775. The summed E-state index contributed by atoms with van der Waals surface area (Å²) in [5.41, 5.74) is 6.67. The molecule has 0 aromatic carbocycles. The second-order valence-corrected chi connectivity index (χ2v) is 3.21. The summed E-state index contributed by atoms with van der Waals surface area (Å²) in [6.45, 7) is 2.06. The molecule has 2 rings (SSSR count). The van der Waals surface area contributed by atoms with Gasteiger partial charge in [0.1, 0.15) is 17.1 Å². The summed E-state index contributed by atoms with van der Waals surface area (Å²) < 4.78 is 10.1. The van der Waals surface area contributed by atoms with Crippen LogP contribution in [0.3, 0.4) is 0 Å². The Kier molecular flexibility index (Phi) is 2.68. The van der Waals surface area contributed by atoms with Crippen LogP contribution in [0.15, 0.2) is 28.9 Å². The average molecular weight is 220 g/mol. The minimum Gasteiger partial charge on any atom is -0.463 e. The molecule has 0 aliphatic heterocycles. The standard InChI is InChI=1S/C11H12N2O3/c1-2-15-11(14)7-6-8(13-10(7)12)9-4-3-5-16-9/h3-6,13H,2,12H2,1H3. The van der Waals surface area contributed by atoms with Crippen LogP contribution in [0.2, 0.25) is 0 Å². The number of aromatic nitrogens is 1. The van der Waals surface area contributed by atoms with Crippen LogP contribution in [0, 0.1) is 0 Å². The Bertz CT molecular complexity index is 485. The van der Waals surface area contributed by atoms with Crippen molar-refractivity contribution < 1.29 is 13.9 Å². The predicted octanol–water partition coefficient (Wildman–Crippen LogP) is 2.03. The van der Waals surface area contributed by atoms with E-state index in [2.05, 4.69) is 4.98 Å². The first-order valence-corrected chi connectivity index (χ1v) is 4.92. The monoisotopic (exact) mass is 220 g/mol. The summed E-state index contributed by atoms with van der Waals surface area (Å²) >= 11 is 0. The van der Waals surface area contributed by atoms with Crippen molar-refractivity contribution in [3.05, 3.63) is 30.0 Å². The number of nitrogens with two attached hydrogens (primary N) is 1. The van der Waals surface area contributed by atoms with Gasteiger partial charge in [0.15, 0.2) is 0 Å². The molecule has 2 aromatic heterocycles. The highest BCUT2D eigenvalue weighted by molar-refractivity contribution is 5.96. The Balaban J connectivity index is 2.32. The smallest absolute Gasteiger partial charge is 0.341 e. The first-order chi connectivity index (χ1) is 7.72. The van der Waals surface area contributed by atoms with Gasteiger partial charge in [-0.25, -0.2) is 4.79 Å². The molecule has 2 heterocycles. The number of carbonyl (C=O) groups excluding carboxylic acids is 1. The fourth-order valence-electron chi connectivity index (χ4n) is 1.41. The van der Waals surface area contributed by atoms with Crippen molar-refractivity contribution in [1.29, 1.82) is 0 Å². The molecule has 0 unspecified atom stereocenters. The van der Waals surface area contributed by atoms with E-state index in [1.54, 1.807) is 31.4 Å². The van der Waals surface area contributed by atoms with Crippen molar-refractivity contribution in [1.82, 2.24) is 4.98 Å². The van der Waals surface area contributed by atoms with E-state index in [1.165, 1.54) is 0 Å². The second-order valence-electron chi connectivity index (χ2n) is 3.21. The Morgan fingerprint density at radius 3 is 3.06 bits per heavy atom. The van der Waals surface area contributed by atoms with Gasteiger partial charge in [-0.1, -0.05) is 0 Å². The molecule has 0 fully saturated rings. The fourth-order valence-corrected chi connectivity index (χ4v) is 1.41. The van der Waals surface area contributed by atoms with Crippen LogP contribution in [-0.2, 0) is 4.74 Å². The van der Waals surface area contributed by atoms with E-state index < -0.39 is 5.97 Å². The van der Waals surface area contributed by atoms with Crippen LogP contribution in [-0.4, -0.2) is 17.6 Å². The van der Waals surface area contributed by atoms with Crippen molar-refractivity contribution in [3.63, 3.8) is 0 Å². The van der Waals surface area contributed by atoms with Crippen molar-refractivity contribution >= 4 is 11.8 Å². The molecule has 5 heteroatoms. The average Bonchev–Trinajstić information content (AvgIpc) is 2.86. The number of nitrogen functional groups attached to an aromatic ring is 1. The third kappa shape index (κ3) is 1.79.